The van der Waals surface area contributed by atoms with E-state index >= 15 is 0 Å². The monoisotopic (exact) mass is 293 g/mol. The third-order valence-corrected chi connectivity index (χ3v) is 3.34. The highest BCUT2D eigenvalue weighted by Crippen LogP contribution is 2.17. The molecule has 1 N–H and O–H groups in total. The normalized spacial score (nSPS) is 10.6. The van der Waals surface area contributed by atoms with Crippen LogP contribution in [0.3, 0.4) is 0 Å². The Labute approximate surface area is 125 Å². The number of ether oxygens (including phenoxy) is 1. The lowest BCUT2D eigenvalue weighted by Gasteiger charge is -2.18. The Morgan fingerprint density at radius 1 is 1.45 bits per heavy atom. The van der Waals surface area contributed by atoms with Gasteiger partial charge in [-0.2, -0.15) is 0 Å². The van der Waals surface area contributed by atoms with E-state index in [1.54, 1.807) is 11.3 Å². The van der Waals surface area contributed by atoms with Crippen molar-refractivity contribution in [3.05, 3.63) is 21.9 Å². The molecule has 1 aromatic heterocycles. The van der Waals surface area contributed by atoms with Gasteiger partial charge < -0.3 is 10.1 Å². The first-order valence-electron chi connectivity index (χ1n) is 6.94. The molecule has 0 atom stereocenters. The number of thiophene rings is 1. The maximum absolute atomic E-state index is 11.4. The molecular formula is C16H23NO2S. The number of carbonyl (C=O) groups is 1. The minimum atomic E-state index is -0.474. The molecule has 0 saturated carbocycles. The fourth-order valence-corrected chi connectivity index (χ4v) is 2.39. The molecule has 0 aromatic carbocycles. The maximum Gasteiger partial charge on any atom is 0.408 e. The third-order valence-electron chi connectivity index (χ3n) is 2.47. The van der Waals surface area contributed by atoms with Crippen molar-refractivity contribution in [1.82, 2.24) is 5.32 Å². The Bertz CT molecular complexity index is 489. The highest BCUT2D eigenvalue weighted by molar-refractivity contribution is 7.10. The Morgan fingerprint density at radius 3 is 2.85 bits per heavy atom. The fraction of sp³-hybridized carbons (Fsp3) is 0.562. The van der Waals surface area contributed by atoms with Crippen LogP contribution < -0.4 is 5.32 Å². The van der Waals surface area contributed by atoms with E-state index in [4.69, 9.17) is 4.74 Å². The molecule has 0 saturated heterocycles. The van der Waals surface area contributed by atoms with Gasteiger partial charge in [-0.05, 0) is 50.6 Å². The van der Waals surface area contributed by atoms with Crippen LogP contribution in [0.4, 0.5) is 4.79 Å². The lowest BCUT2D eigenvalue weighted by atomic mass is 10.1. The molecule has 0 bridgehead atoms. The van der Waals surface area contributed by atoms with Crippen molar-refractivity contribution in [3.8, 4) is 11.8 Å². The Hall–Kier alpha value is -1.47. The second-order valence-corrected chi connectivity index (χ2v) is 6.45. The Balaban J connectivity index is 2.43. The van der Waals surface area contributed by atoms with Gasteiger partial charge in [0.25, 0.3) is 0 Å². The Kier molecular flexibility index (Phi) is 6.60. The summed E-state index contributed by atoms with van der Waals surface area (Å²) in [4.78, 5) is 12.5. The lowest BCUT2D eigenvalue weighted by molar-refractivity contribution is 0.0535. The predicted molar refractivity (Wildman–Crippen MR) is 84.0 cm³/mol. The summed E-state index contributed by atoms with van der Waals surface area (Å²) in [7, 11) is 0. The fourth-order valence-electron chi connectivity index (χ4n) is 1.56. The van der Waals surface area contributed by atoms with Crippen LogP contribution in [0.15, 0.2) is 11.4 Å². The zero-order valence-electron chi connectivity index (χ0n) is 12.7. The molecule has 0 aliphatic rings. The second-order valence-electron chi connectivity index (χ2n) is 5.54. The largest absolute Gasteiger partial charge is 0.444 e. The number of aryl methyl sites for hydroxylation is 1. The highest BCUT2D eigenvalue weighted by atomic mass is 32.1. The van der Waals surface area contributed by atoms with Crippen molar-refractivity contribution >= 4 is 17.4 Å². The quantitative estimate of drug-likeness (QED) is 0.853. The molecule has 0 fully saturated rings. The van der Waals surface area contributed by atoms with Gasteiger partial charge in [0.1, 0.15) is 5.60 Å². The smallest absolute Gasteiger partial charge is 0.408 e. The van der Waals surface area contributed by atoms with Crippen LogP contribution in [0.2, 0.25) is 0 Å². The van der Waals surface area contributed by atoms with E-state index < -0.39 is 11.7 Å². The number of hydrogen-bond acceptors (Lipinski definition) is 3. The molecular weight excluding hydrogens is 270 g/mol. The van der Waals surface area contributed by atoms with E-state index in [-0.39, 0.29) is 0 Å². The number of alkyl carbamates (subject to hydrolysis) is 1. The first kappa shape index (κ1) is 16.6. The summed E-state index contributed by atoms with van der Waals surface area (Å²) >= 11 is 1.65. The summed E-state index contributed by atoms with van der Waals surface area (Å²) in [5.74, 6) is 6.09. The summed E-state index contributed by atoms with van der Waals surface area (Å²) in [6.45, 7) is 8.00. The topological polar surface area (TPSA) is 38.3 Å². The SMILES string of the molecule is CCCCc1ccsc1C#CCNC(=O)OC(C)(C)C. The molecule has 1 aromatic rings. The molecule has 1 heterocycles. The molecule has 4 heteroatoms. The minimum Gasteiger partial charge on any atom is -0.444 e. The first-order valence-corrected chi connectivity index (χ1v) is 7.82. The number of nitrogens with one attached hydrogen (secondary N) is 1. The number of hydrogen-bond donors (Lipinski definition) is 1. The zero-order valence-corrected chi connectivity index (χ0v) is 13.5. The number of amides is 1. The average molecular weight is 293 g/mol. The van der Waals surface area contributed by atoms with E-state index in [1.165, 1.54) is 18.4 Å². The second kappa shape index (κ2) is 7.96. The van der Waals surface area contributed by atoms with Crippen molar-refractivity contribution < 1.29 is 9.53 Å². The number of rotatable bonds is 4. The molecule has 0 aliphatic carbocycles. The van der Waals surface area contributed by atoms with Crippen LogP contribution in [-0.4, -0.2) is 18.2 Å². The van der Waals surface area contributed by atoms with Crippen LogP contribution in [0.5, 0.6) is 0 Å². The standard InChI is InChI=1S/C16H23NO2S/c1-5-6-8-13-10-12-20-14(13)9-7-11-17-15(18)19-16(2,3)4/h10,12H,5-6,8,11H2,1-4H3,(H,17,18). The van der Waals surface area contributed by atoms with E-state index in [9.17, 15) is 4.79 Å². The summed E-state index contributed by atoms with van der Waals surface area (Å²) < 4.78 is 5.14. The van der Waals surface area contributed by atoms with E-state index in [0.29, 0.717) is 6.54 Å². The average Bonchev–Trinajstić information content (AvgIpc) is 2.77. The van der Waals surface area contributed by atoms with Gasteiger partial charge in [0.2, 0.25) is 0 Å². The molecule has 3 nitrogen and oxygen atoms in total. The van der Waals surface area contributed by atoms with Crippen molar-refractivity contribution in [3.63, 3.8) is 0 Å². The van der Waals surface area contributed by atoms with Gasteiger partial charge in [-0.3, -0.25) is 0 Å². The van der Waals surface area contributed by atoms with Crippen molar-refractivity contribution in [1.29, 1.82) is 0 Å². The van der Waals surface area contributed by atoms with Gasteiger partial charge in [0.15, 0.2) is 0 Å². The first-order chi connectivity index (χ1) is 9.42. The van der Waals surface area contributed by atoms with Gasteiger partial charge in [-0.25, -0.2) is 4.79 Å². The van der Waals surface area contributed by atoms with E-state index in [1.807, 2.05) is 20.8 Å². The van der Waals surface area contributed by atoms with Gasteiger partial charge in [0.05, 0.1) is 11.4 Å². The molecule has 20 heavy (non-hydrogen) atoms. The molecule has 1 amide bonds. The number of unbranched alkanes of at least 4 members (excludes halogenated alkanes) is 1. The summed E-state index contributed by atoms with van der Waals surface area (Å²) in [5, 5.41) is 4.70. The number of carbonyl (C=O) groups excluding carboxylic acids is 1. The zero-order chi connectivity index (χ0) is 15.0. The van der Waals surface area contributed by atoms with Crippen molar-refractivity contribution in [2.45, 2.75) is 52.6 Å². The van der Waals surface area contributed by atoms with Gasteiger partial charge in [-0.15, -0.1) is 11.3 Å². The maximum atomic E-state index is 11.4. The summed E-state index contributed by atoms with van der Waals surface area (Å²) in [6.07, 6.45) is 3.01. The van der Waals surface area contributed by atoms with Crippen LogP contribution in [0.1, 0.15) is 51.0 Å². The van der Waals surface area contributed by atoms with E-state index in [2.05, 4.69) is 35.5 Å². The van der Waals surface area contributed by atoms with Crippen LogP contribution in [0.25, 0.3) is 0 Å². The predicted octanol–water partition coefficient (Wildman–Crippen LogP) is 3.97. The third kappa shape index (κ3) is 6.63. The van der Waals surface area contributed by atoms with Gasteiger partial charge in [-0.1, -0.05) is 25.2 Å². The van der Waals surface area contributed by atoms with Gasteiger partial charge in [0, 0.05) is 0 Å². The van der Waals surface area contributed by atoms with Crippen molar-refractivity contribution in [2.24, 2.45) is 0 Å². The highest BCUT2D eigenvalue weighted by Gasteiger charge is 2.15. The minimum absolute atomic E-state index is 0.306. The summed E-state index contributed by atoms with van der Waals surface area (Å²) in [6, 6.07) is 2.13. The van der Waals surface area contributed by atoms with Crippen LogP contribution >= 0.6 is 11.3 Å². The van der Waals surface area contributed by atoms with Crippen LogP contribution in [-0.2, 0) is 11.2 Å². The molecule has 0 aliphatic heterocycles. The molecule has 0 unspecified atom stereocenters. The molecule has 1 rings (SSSR count). The van der Waals surface area contributed by atoms with E-state index in [0.717, 1.165) is 11.3 Å². The van der Waals surface area contributed by atoms with Crippen molar-refractivity contribution in [2.75, 3.05) is 6.54 Å². The lowest BCUT2D eigenvalue weighted by Crippen LogP contribution is -2.32. The van der Waals surface area contributed by atoms with Gasteiger partial charge >= 0.3 is 6.09 Å². The molecule has 0 radical (unpaired) electrons. The Morgan fingerprint density at radius 2 is 2.20 bits per heavy atom. The molecule has 0 spiro atoms. The summed E-state index contributed by atoms with van der Waals surface area (Å²) in [5.41, 5.74) is 0.833. The molecule has 110 valence electrons. The van der Waals surface area contributed by atoms with Crippen LogP contribution in [0, 0.1) is 11.8 Å².